The van der Waals surface area contributed by atoms with E-state index < -0.39 is 11.7 Å². The highest BCUT2D eigenvalue weighted by molar-refractivity contribution is 6.45. The molecule has 2 saturated heterocycles. The largest absolute Gasteiger partial charge is 0.494 e. The number of aryl methyl sites for hydroxylation is 1. The molecule has 1 unspecified atom stereocenters. The molecule has 5 rings (SSSR count). The fourth-order valence-corrected chi connectivity index (χ4v) is 4.57. The van der Waals surface area contributed by atoms with Gasteiger partial charge in [0.05, 0.1) is 29.8 Å². The number of aromatic nitrogens is 5. The normalized spacial score (nSPS) is 21.1. The van der Waals surface area contributed by atoms with Gasteiger partial charge in [-0.3, -0.25) is 9.59 Å². The van der Waals surface area contributed by atoms with Crippen molar-refractivity contribution in [1.82, 2.24) is 34.9 Å². The Morgan fingerprint density at radius 3 is 2.83 bits per heavy atom. The molecule has 2 aliphatic rings. The van der Waals surface area contributed by atoms with E-state index in [0.29, 0.717) is 41.4 Å². The third kappa shape index (κ3) is 2.86. The van der Waals surface area contributed by atoms with E-state index in [0.717, 1.165) is 25.9 Å². The Bertz CT molecular complexity index is 1140. The van der Waals surface area contributed by atoms with E-state index in [-0.39, 0.29) is 11.0 Å². The van der Waals surface area contributed by atoms with Crippen LogP contribution in [0, 0.1) is 12.3 Å². The number of ether oxygens (including phenoxy) is 1. The molecular weight excluding hydrogens is 386 g/mol. The molecule has 0 saturated carbocycles. The molecule has 10 heteroatoms. The SMILES string of the molecule is COc1cnc(-n2cnc(C)n2)c2[nH]cc(C(=O)C(=O)N3CCC4(CCNC4)C3)c12. The van der Waals surface area contributed by atoms with Crippen LogP contribution in [0.5, 0.6) is 5.75 Å². The highest BCUT2D eigenvalue weighted by atomic mass is 16.5. The first-order valence-electron chi connectivity index (χ1n) is 9.98. The summed E-state index contributed by atoms with van der Waals surface area (Å²) in [5.41, 5.74) is 0.946. The van der Waals surface area contributed by atoms with Crippen LogP contribution in [0.15, 0.2) is 18.7 Å². The minimum Gasteiger partial charge on any atom is -0.494 e. The maximum Gasteiger partial charge on any atom is 0.295 e. The lowest BCUT2D eigenvalue weighted by Gasteiger charge is -2.22. The van der Waals surface area contributed by atoms with Gasteiger partial charge in [-0.25, -0.2) is 14.6 Å². The number of H-pyrrole nitrogens is 1. The second-order valence-corrected chi connectivity index (χ2v) is 8.07. The lowest BCUT2D eigenvalue weighted by molar-refractivity contribution is -0.125. The van der Waals surface area contributed by atoms with Crippen molar-refractivity contribution in [3.05, 3.63) is 30.1 Å². The predicted molar refractivity (Wildman–Crippen MR) is 108 cm³/mol. The van der Waals surface area contributed by atoms with Crippen molar-refractivity contribution in [2.75, 3.05) is 33.3 Å². The summed E-state index contributed by atoms with van der Waals surface area (Å²) in [7, 11) is 1.51. The number of amides is 1. The van der Waals surface area contributed by atoms with Gasteiger partial charge in [0.2, 0.25) is 0 Å². The standard InChI is InChI=1S/C20H23N7O3/c1-12-24-11-27(25-12)18-16-15(14(30-2)8-23-18)13(7-22-16)17(28)19(29)26-6-4-20(10-26)3-5-21-9-20/h7-8,11,21-22H,3-6,9-10H2,1-2H3. The van der Waals surface area contributed by atoms with Crippen molar-refractivity contribution in [3.8, 4) is 11.6 Å². The molecule has 3 aromatic heterocycles. The Balaban J connectivity index is 1.51. The highest BCUT2D eigenvalue weighted by Crippen LogP contribution is 2.37. The monoisotopic (exact) mass is 409 g/mol. The predicted octanol–water partition coefficient (Wildman–Crippen LogP) is 0.855. The number of carbonyl (C=O) groups excluding carboxylic acids is 2. The Morgan fingerprint density at radius 1 is 1.27 bits per heavy atom. The number of Topliss-reactive ketones (excluding diaryl/α,β-unsaturated/α-hetero) is 1. The fraction of sp³-hybridized carbons (Fsp3) is 0.450. The lowest BCUT2D eigenvalue weighted by Crippen LogP contribution is -2.37. The van der Waals surface area contributed by atoms with Gasteiger partial charge in [0.25, 0.3) is 11.7 Å². The van der Waals surface area contributed by atoms with E-state index in [9.17, 15) is 9.59 Å². The fourth-order valence-electron chi connectivity index (χ4n) is 4.57. The molecule has 0 aliphatic carbocycles. The smallest absolute Gasteiger partial charge is 0.295 e. The number of rotatable bonds is 4. The second kappa shape index (κ2) is 6.91. The van der Waals surface area contributed by atoms with Crippen LogP contribution in [0.3, 0.4) is 0 Å². The molecule has 10 nitrogen and oxygen atoms in total. The number of hydrogen-bond acceptors (Lipinski definition) is 7. The number of nitrogens with zero attached hydrogens (tertiary/aromatic N) is 5. The molecule has 1 atom stereocenters. The maximum atomic E-state index is 13.2. The van der Waals surface area contributed by atoms with Gasteiger partial charge in [0.1, 0.15) is 17.9 Å². The van der Waals surface area contributed by atoms with Gasteiger partial charge in [-0.1, -0.05) is 0 Å². The number of ketones is 1. The van der Waals surface area contributed by atoms with Gasteiger partial charge < -0.3 is 19.9 Å². The van der Waals surface area contributed by atoms with E-state index in [4.69, 9.17) is 4.74 Å². The minimum absolute atomic E-state index is 0.107. The lowest BCUT2D eigenvalue weighted by atomic mass is 9.86. The molecule has 3 aromatic rings. The van der Waals surface area contributed by atoms with E-state index in [1.54, 1.807) is 24.3 Å². The summed E-state index contributed by atoms with van der Waals surface area (Å²) in [6.45, 7) is 4.87. The second-order valence-electron chi connectivity index (χ2n) is 8.07. The van der Waals surface area contributed by atoms with Crippen LogP contribution < -0.4 is 10.1 Å². The third-order valence-corrected chi connectivity index (χ3v) is 6.19. The Hall–Kier alpha value is -3.27. The molecule has 156 valence electrons. The zero-order valence-electron chi connectivity index (χ0n) is 16.9. The van der Waals surface area contributed by atoms with E-state index in [2.05, 4.69) is 25.4 Å². The van der Waals surface area contributed by atoms with Crippen molar-refractivity contribution >= 4 is 22.6 Å². The number of likely N-dealkylation sites (tertiary alicyclic amines) is 1. The third-order valence-electron chi connectivity index (χ3n) is 6.19. The first kappa shape index (κ1) is 18.7. The van der Waals surface area contributed by atoms with Crippen molar-refractivity contribution < 1.29 is 14.3 Å². The molecule has 0 radical (unpaired) electrons. The molecule has 30 heavy (non-hydrogen) atoms. The molecule has 0 bridgehead atoms. The average molecular weight is 409 g/mol. The van der Waals surface area contributed by atoms with Gasteiger partial charge >= 0.3 is 0 Å². The highest BCUT2D eigenvalue weighted by Gasteiger charge is 2.43. The Labute approximate surface area is 172 Å². The topological polar surface area (TPSA) is 118 Å². The van der Waals surface area contributed by atoms with Crippen LogP contribution in [0.4, 0.5) is 0 Å². The van der Waals surface area contributed by atoms with Crippen molar-refractivity contribution in [1.29, 1.82) is 0 Å². The van der Waals surface area contributed by atoms with Gasteiger partial charge in [0, 0.05) is 31.2 Å². The Morgan fingerprint density at radius 2 is 2.13 bits per heavy atom. The van der Waals surface area contributed by atoms with Gasteiger partial charge in [-0.2, -0.15) is 5.10 Å². The van der Waals surface area contributed by atoms with Crippen LogP contribution in [-0.4, -0.2) is 74.6 Å². The minimum atomic E-state index is -0.547. The van der Waals surface area contributed by atoms with E-state index in [1.807, 2.05) is 0 Å². The van der Waals surface area contributed by atoms with Crippen LogP contribution in [0.25, 0.3) is 16.7 Å². The molecule has 5 heterocycles. The first-order chi connectivity index (χ1) is 14.5. The number of carbonyl (C=O) groups is 2. The maximum absolute atomic E-state index is 13.2. The summed E-state index contributed by atoms with van der Waals surface area (Å²) in [6.07, 6.45) is 6.59. The molecule has 1 amide bonds. The number of nitrogens with one attached hydrogen (secondary N) is 2. The van der Waals surface area contributed by atoms with Gasteiger partial charge in [-0.05, 0) is 26.3 Å². The zero-order valence-corrected chi connectivity index (χ0v) is 16.9. The summed E-state index contributed by atoms with van der Waals surface area (Å²) < 4.78 is 6.97. The van der Waals surface area contributed by atoms with E-state index in [1.165, 1.54) is 18.0 Å². The molecule has 2 N–H and O–H groups in total. The number of fused-ring (bicyclic) bond motifs is 1. The van der Waals surface area contributed by atoms with Crippen LogP contribution >= 0.6 is 0 Å². The molecular formula is C20H23N7O3. The summed E-state index contributed by atoms with van der Waals surface area (Å²) >= 11 is 0. The van der Waals surface area contributed by atoms with Crippen LogP contribution in [0.2, 0.25) is 0 Å². The molecule has 2 aliphatic heterocycles. The average Bonchev–Trinajstić information content (AvgIpc) is 3.54. The van der Waals surface area contributed by atoms with Crippen molar-refractivity contribution in [3.63, 3.8) is 0 Å². The number of hydrogen-bond donors (Lipinski definition) is 2. The molecule has 0 aromatic carbocycles. The van der Waals surface area contributed by atoms with Gasteiger partial charge in [-0.15, -0.1) is 0 Å². The summed E-state index contributed by atoms with van der Waals surface area (Å²) in [6, 6.07) is 0. The number of aromatic amines is 1. The van der Waals surface area contributed by atoms with Gasteiger partial charge in [0.15, 0.2) is 5.82 Å². The molecule has 1 spiro atoms. The number of methoxy groups -OCH3 is 1. The van der Waals surface area contributed by atoms with E-state index >= 15 is 0 Å². The number of pyridine rings is 1. The van der Waals surface area contributed by atoms with Crippen LogP contribution in [-0.2, 0) is 4.79 Å². The molecule has 2 fully saturated rings. The summed E-state index contributed by atoms with van der Waals surface area (Å²) in [5.74, 6) is 0.477. The summed E-state index contributed by atoms with van der Waals surface area (Å²) in [5, 5.41) is 8.18. The van der Waals surface area contributed by atoms with Crippen LogP contribution in [0.1, 0.15) is 29.0 Å². The Kier molecular flexibility index (Phi) is 4.31. The zero-order chi connectivity index (χ0) is 20.9. The van der Waals surface area contributed by atoms with Crippen molar-refractivity contribution in [2.24, 2.45) is 5.41 Å². The first-order valence-corrected chi connectivity index (χ1v) is 9.98. The summed E-state index contributed by atoms with van der Waals surface area (Å²) in [4.78, 5) is 39.5. The van der Waals surface area contributed by atoms with Crippen molar-refractivity contribution in [2.45, 2.75) is 19.8 Å². The quantitative estimate of drug-likeness (QED) is 0.485.